The van der Waals surface area contributed by atoms with E-state index in [1.54, 1.807) is 26.0 Å². The predicted molar refractivity (Wildman–Crippen MR) is 136 cm³/mol. The van der Waals surface area contributed by atoms with Crippen LogP contribution in [0.25, 0.3) is 10.9 Å². The van der Waals surface area contributed by atoms with E-state index in [0.29, 0.717) is 11.8 Å². The zero-order chi connectivity index (χ0) is 26.5. The number of hydrogen-bond acceptors (Lipinski definition) is 7. The molecule has 36 heavy (non-hydrogen) atoms. The molecule has 2 aromatic heterocycles. The standard InChI is InChI=1S/C17H22N4O5.C9H9N/c1-11(2)26-17(25)14(6-5-13(22)8-18)21-15(23)10-20-16(24)12-4-3-7-19-9-12;1-7-6-10-9-5-3-2-4-8(7)9/h3-4,7-9,11,14,18H,5-6,10H2,1-2H3,(H,20,24)(H,21,23);2-6,10H,1H3. The summed E-state index contributed by atoms with van der Waals surface area (Å²) in [6.45, 7) is 5.08. The molecular weight excluding hydrogens is 462 g/mol. The van der Waals surface area contributed by atoms with Crippen molar-refractivity contribution in [1.82, 2.24) is 20.6 Å². The van der Waals surface area contributed by atoms with Gasteiger partial charge in [0.1, 0.15) is 6.04 Å². The predicted octanol–water partition coefficient (Wildman–Crippen LogP) is 2.72. The third-order valence-electron chi connectivity index (χ3n) is 4.94. The minimum Gasteiger partial charge on any atom is -0.461 e. The van der Waals surface area contributed by atoms with Crippen LogP contribution in [0.4, 0.5) is 0 Å². The van der Waals surface area contributed by atoms with Crippen LogP contribution in [0.15, 0.2) is 55.0 Å². The molecule has 1 atom stereocenters. The van der Waals surface area contributed by atoms with Gasteiger partial charge in [0, 0.05) is 35.9 Å². The first kappa shape index (κ1) is 27.9. The van der Waals surface area contributed by atoms with Crippen LogP contribution >= 0.6 is 0 Å². The number of pyridine rings is 1. The van der Waals surface area contributed by atoms with Crippen molar-refractivity contribution in [2.24, 2.45) is 0 Å². The molecule has 1 unspecified atom stereocenters. The molecule has 0 saturated heterocycles. The SMILES string of the molecule is CC(C)OC(=O)C(CCC(=O)C=N)NC(=O)CNC(=O)c1cccnc1.Cc1c[nH]c2ccccc12. The fourth-order valence-corrected chi connectivity index (χ4v) is 3.14. The van der Waals surface area contributed by atoms with E-state index in [1.807, 2.05) is 12.3 Å². The van der Waals surface area contributed by atoms with Crippen molar-refractivity contribution >= 4 is 40.7 Å². The average Bonchev–Trinajstić information content (AvgIpc) is 3.26. The average molecular weight is 494 g/mol. The number of Topliss-reactive ketones (excluding diaryl/α,β-unsaturated/α-hetero) is 1. The van der Waals surface area contributed by atoms with E-state index < -0.39 is 29.6 Å². The Hall–Kier alpha value is -4.34. The van der Waals surface area contributed by atoms with Crippen molar-refractivity contribution in [2.75, 3.05) is 6.54 Å². The van der Waals surface area contributed by atoms with Crippen molar-refractivity contribution in [2.45, 2.75) is 45.8 Å². The zero-order valence-corrected chi connectivity index (χ0v) is 20.5. The van der Waals surface area contributed by atoms with Gasteiger partial charge in [-0.25, -0.2) is 4.79 Å². The van der Waals surface area contributed by atoms with E-state index in [-0.39, 0.29) is 25.5 Å². The third-order valence-corrected chi connectivity index (χ3v) is 4.94. The minimum atomic E-state index is -1.04. The molecule has 3 aromatic rings. The van der Waals surface area contributed by atoms with Crippen LogP contribution in [0.5, 0.6) is 0 Å². The molecular formula is C26H31N5O5. The molecule has 0 saturated carbocycles. The van der Waals surface area contributed by atoms with Crippen LogP contribution in [0, 0.1) is 12.3 Å². The van der Waals surface area contributed by atoms with Crippen molar-refractivity contribution in [1.29, 1.82) is 5.41 Å². The number of esters is 1. The van der Waals surface area contributed by atoms with Gasteiger partial charge in [0.2, 0.25) is 5.91 Å². The molecule has 0 bridgehead atoms. The highest BCUT2D eigenvalue weighted by atomic mass is 16.5. The Morgan fingerprint density at radius 2 is 1.89 bits per heavy atom. The van der Waals surface area contributed by atoms with Gasteiger partial charge < -0.3 is 25.8 Å². The maximum absolute atomic E-state index is 12.0. The van der Waals surface area contributed by atoms with Gasteiger partial charge >= 0.3 is 5.97 Å². The summed E-state index contributed by atoms with van der Waals surface area (Å²) in [5.74, 6) is -2.22. The van der Waals surface area contributed by atoms with Gasteiger partial charge in [0.05, 0.1) is 24.4 Å². The number of aryl methyl sites for hydroxylation is 1. The monoisotopic (exact) mass is 493 g/mol. The van der Waals surface area contributed by atoms with E-state index >= 15 is 0 Å². The summed E-state index contributed by atoms with van der Waals surface area (Å²) < 4.78 is 5.06. The van der Waals surface area contributed by atoms with Gasteiger partial charge in [-0.3, -0.25) is 19.4 Å². The summed E-state index contributed by atoms with van der Waals surface area (Å²) in [4.78, 5) is 54.2. The first-order chi connectivity index (χ1) is 17.2. The molecule has 0 radical (unpaired) electrons. The van der Waals surface area contributed by atoms with Gasteiger partial charge in [-0.15, -0.1) is 0 Å². The quantitative estimate of drug-likeness (QED) is 0.251. The van der Waals surface area contributed by atoms with Gasteiger partial charge in [-0.05, 0) is 51.0 Å². The molecule has 0 aliphatic rings. The molecule has 4 N–H and O–H groups in total. The molecule has 0 spiro atoms. The summed E-state index contributed by atoms with van der Waals surface area (Å²) >= 11 is 0. The van der Waals surface area contributed by atoms with Gasteiger partial charge in [0.15, 0.2) is 5.78 Å². The zero-order valence-electron chi connectivity index (χ0n) is 20.5. The van der Waals surface area contributed by atoms with E-state index in [0.717, 1.165) is 0 Å². The maximum Gasteiger partial charge on any atom is 0.328 e. The first-order valence-electron chi connectivity index (χ1n) is 11.4. The third kappa shape index (κ3) is 9.13. The summed E-state index contributed by atoms with van der Waals surface area (Å²) in [7, 11) is 0. The number of aromatic amines is 1. The Kier molecular flexibility index (Phi) is 11.0. The van der Waals surface area contributed by atoms with Crippen LogP contribution in [0.2, 0.25) is 0 Å². The Morgan fingerprint density at radius 3 is 2.53 bits per heavy atom. The lowest BCUT2D eigenvalue weighted by Gasteiger charge is -2.19. The number of carbonyl (C=O) groups excluding carboxylic acids is 4. The molecule has 2 heterocycles. The molecule has 2 amide bonds. The number of amides is 2. The second-order valence-corrected chi connectivity index (χ2v) is 8.20. The lowest BCUT2D eigenvalue weighted by Crippen LogP contribution is -2.46. The van der Waals surface area contributed by atoms with E-state index in [2.05, 4.69) is 45.7 Å². The lowest BCUT2D eigenvalue weighted by atomic mass is 10.1. The minimum absolute atomic E-state index is 0.00204. The number of nitrogens with zero attached hydrogens (tertiary/aromatic N) is 1. The molecule has 190 valence electrons. The van der Waals surface area contributed by atoms with E-state index in [4.69, 9.17) is 10.1 Å². The van der Waals surface area contributed by atoms with Crippen molar-refractivity contribution in [3.63, 3.8) is 0 Å². The molecule has 10 nitrogen and oxygen atoms in total. The van der Waals surface area contributed by atoms with Crippen LogP contribution in [-0.2, 0) is 19.1 Å². The summed E-state index contributed by atoms with van der Waals surface area (Å²) in [6, 6.07) is 10.4. The highest BCUT2D eigenvalue weighted by molar-refractivity contribution is 6.26. The molecule has 0 aliphatic heterocycles. The summed E-state index contributed by atoms with van der Waals surface area (Å²) in [5.41, 5.74) is 2.84. The van der Waals surface area contributed by atoms with Crippen LogP contribution in [-0.4, -0.2) is 58.4 Å². The van der Waals surface area contributed by atoms with Gasteiger partial charge in [-0.1, -0.05) is 18.2 Å². The summed E-state index contributed by atoms with van der Waals surface area (Å²) in [6.07, 6.45) is 5.10. The Labute approximate surface area is 209 Å². The normalized spacial score (nSPS) is 11.1. The number of rotatable bonds is 10. The first-order valence-corrected chi connectivity index (χ1v) is 11.4. The number of benzene rings is 1. The van der Waals surface area contributed by atoms with Crippen LogP contribution in [0.1, 0.15) is 42.6 Å². The Balaban J connectivity index is 0.000000373. The van der Waals surface area contributed by atoms with Crippen LogP contribution in [0.3, 0.4) is 0 Å². The van der Waals surface area contributed by atoms with Gasteiger partial charge in [0.25, 0.3) is 5.91 Å². The highest BCUT2D eigenvalue weighted by Gasteiger charge is 2.24. The number of fused-ring (bicyclic) bond motifs is 1. The number of hydrogen-bond donors (Lipinski definition) is 4. The number of nitrogens with one attached hydrogen (secondary N) is 4. The van der Waals surface area contributed by atoms with Crippen molar-refractivity contribution < 1.29 is 23.9 Å². The molecule has 3 rings (SSSR count). The van der Waals surface area contributed by atoms with E-state index in [1.165, 1.54) is 28.9 Å². The Bertz CT molecular complexity index is 1190. The topological polar surface area (TPSA) is 154 Å². The second kappa shape index (κ2) is 14.1. The fraction of sp³-hybridized carbons (Fsp3) is 0.308. The number of para-hydroxylation sites is 1. The fourth-order valence-electron chi connectivity index (χ4n) is 3.14. The summed E-state index contributed by atoms with van der Waals surface area (Å²) in [5, 5.41) is 13.1. The second-order valence-electron chi connectivity index (χ2n) is 8.20. The Morgan fingerprint density at radius 1 is 1.14 bits per heavy atom. The molecule has 0 fully saturated rings. The van der Waals surface area contributed by atoms with E-state index in [9.17, 15) is 19.2 Å². The van der Waals surface area contributed by atoms with Crippen molar-refractivity contribution in [3.05, 3.63) is 66.1 Å². The molecule has 0 aliphatic carbocycles. The van der Waals surface area contributed by atoms with Gasteiger partial charge in [-0.2, -0.15) is 0 Å². The lowest BCUT2D eigenvalue weighted by molar-refractivity contribution is -0.151. The number of ketones is 1. The number of carbonyl (C=O) groups is 4. The number of aromatic nitrogens is 2. The van der Waals surface area contributed by atoms with Crippen molar-refractivity contribution in [3.8, 4) is 0 Å². The molecule has 1 aromatic carbocycles. The maximum atomic E-state index is 12.0. The largest absolute Gasteiger partial charge is 0.461 e. The van der Waals surface area contributed by atoms with Crippen LogP contribution < -0.4 is 10.6 Å². The number of H-pyrrole nitrogens is 1. The number of ether oxygens (including phenoxy) is 1. The molecule has 10 heteroatoms. The smallest absolute Gasteiger partial charge is 0.328 e. The highest BCUT2D eigenvalue weighted by Crippen LogP contribution is 2.15.